The first-order chi connectivity index (χ1) is 9.78. The second kappa shape index (κ2) is 5.90. The predicted molar refractivity (Wildman–Crippen MR) is 84.0 cm³/mol. The summed E-state index contributed by atoms with van der Waals surface area (Å²) in [4.78, 5) is 12.1. The Bertz CT molecular complexity index is 583. The summed E-state index contributed by atoms with van der Waals surface area (Å²) >= 11 is 1.60. The van der Waals surface area contributed by atoms with E-state index in [0.717, 1.165) is 22.6 Å². The lowest BCUT2D eigenvalue weighted by Gasteiger charge is -2.32. The number of anilines is 2. The van der Waals surface area contributed by atoms with Crippen LogP contribution in [0.15, 0.2) is 11.4 Å². The molecule has 108 valence electrons. The standard InChI is InChI=1S/C13H20N6S/c1-19-6-3-2-4-9(19)8-15-11-10-5-7-20-12(10)17-13(16-11)18-14/h5,7,9H,2-4,6,8,14H2,1H3,(H2,15,16,17,18). The van der Waals surface area contributed by atoms with E-state index in [1.54, 1.807) is 11.3 Å². The molecular weight excluding hydrogens is 272 g/mol. The highest BCUT2D eigenvalue weighted by atomic mass is 32.1. The topological polar surface area (TPSA) is 79.1 Å². The van der Waals surface area contributed by atoms with E-state index in [4.69, 9.17) is 5.84 Å². The van der Waals surface area contributed by atoms with Crippen LogP contribution in [0.25, 0.3) is 10.2 Å². The van der Waals surface area contributed by atoms with E-state index in [-0.39, 0.29) is 0 Å². The number of hydrogen-bond acceptors (Lipinski definition) is 7. The second-order valence-corrected chi connectivity index (χ2v) is 6.09. The highest BCUT2D eigenvalue weighted by Gasteiger charge is 2.19. The minimum absolute atomic E-state index is 0.458. The molecule has 0 aliphatic carbocycles. The van der Waals surface area contributed by atoms with Crippen LogP contribution in [0.1, 0.15) is 19.3 Å². The quantitative estimate of drug-likeness (QED) is 0.590. The average molecular weight is 292 g/mol. The number of aromatic nitrogens is 2. The number of likely N-dealkylation sites (N-methyl/N-ethyl adjacent to an activating group) is 1. The van der Waals surface area contributed by atoms with E-state index in [1.165, 1.54) is 25.8 Å². The van der Waals surface area contributed by atoms with Gasteiger partial charge < -0.3 is 10.2 Å². The van der Waals surface area contributed by atoms with Crippen LogP contribution >= 0.6 is 11.3 Å². The van der Waals surface area contributed by atoms with Gasteiger partial charge in [-0.3, -0.25) is 5.43 Å². The zero-order valence-corrected chi connectivity index (χ0v) is 12.4. The van der Waals surface area contributed by atoms with Crippen LogP contribution in [0.4, 0.5) is 11.8 Å². The van der Waals surface area contributed by atoms with E-state index in [2.05, 4.69) is 32.7 Å². The van der Waals surface area contributed by atoms with Gasteiger partial charge in [-0.1, -0.05) is 6.42 Å². The van der Waals surface area contributed by atoms with E-state index in [9.17, 15) is 0 Å². The maximum atomic E-state index is 5.43. The molecule has 0 bridgehead atoms. The molecule has 0 saturated carbocycles. The molecule has 6 nitrogen and oxygen atoms in total. The third kappa shape index (κ3) is 2.70. The van der Waals surface area contributed by atoms with Gasteiger partial charge in [0.2, 0.25) is 5.95 Å². The van der Waals surface area contributed by atoms with Gasteiger partial charge in [0.25, 0.3) is 0 Å². The molecule has 0 spiro atoms. The van der Waals surface area contributed by atoms with E-state index in [0.29, 0.717) is 12.0 Å². The van der Waals surface area contributed by atoms with Gasteiger partial charge in [-0.2, -0.15) is 4.98 Å². The maximum absolute atomic E-state index is 5.43. The first kappa shape index (κ1) is 13.5. The summed E-state index contributed by atoms with van der Waals surface area (Å²) in [5, 5.41) is 6.55. The van der Waals surface area contributed by atoms with Gasteiger partial charge in [0.15, 0.2) is 0 Å². The van der Waals surface area contributed by atoms with Crippen molar-refractivity contribution < 1.29 is 0 Å². The van der Waals surface area contributed by atoms with Crippen LogP contribution in [0.3, 0.4) is 0 Å². The lowest BCUT2D eigenvalue weighted by atomic mass is 10.0. The number of nitrogen functional groups attached to an aromatic ring is 1. The summed E-state index contributed by atoms with van der Waals surface area (Å²) in [6, 6.07) is 2.62. The van der Waals surface area contributed by atoms with Crippen LogP contribution in [0.5, 0.6) is 0 Å². The van der Waals surface area contributed by atoms with Crippen molar-refractivity contribution in [3.8, 4) is 0 Å². The van der Waals surface area contributed by atoms with Crippen LogP contribution < -0.4 is 16.6 Å². The molecule has 1 atom stereocenters. The van der Waals surface area contributed by atoms with Crippen LogP contribution in [0.2, 0.25) is 0 Å². The molecule has 1 fully saturated rings. The van der Waals surface area contributed by atoms with Gasteiger partial charge in [-0.15, -0.1) is 11.3 Å². The Morgan fingerprint density at radius 3 is 3.15 bits per heavy atom. The highest BCUT2D eigenvalue weighted by Crippen LogP contribution is 2.26. The first-order valence-electron chi connectivity index (χ1n) is 6.94. The number of thiophene rings is 1. The molecule has 1 unspecified atom stereocenters. The van der Waals surface area contributed by atoms with Gasteiger partial charge in [-0.25, -0.2) is 10.8 Å². The number of hydrazine groups is 1. The summed E-state index contributed by atoms with van der Waals surface area (Å²) in [6.07, 6.45) is 3.85. The number of likely N-dealkylation sites (tertiary alicyclic amines) is 1. The Morgan fingerprint density at radius 2 is 2.35 bits per heavy atom. The smallest absolute Gasteiger partial charge is 0.240 e. The van der Waals surface area contributed by atoms with Gasteiger partial charge >= 0.3 is 0 Å². The summed E-state index contributed by atoms with van der Waals surface area (Å²) in [5.41, 5.74) is 2.53. The fraction of sp³-hybridized carbons (Fsp3) is 0.538. The van der Waals surface area contributed by atoms with Gasteiger partial charge in [0.1, 0.15) is 10.6 Å². The van der Waals surface area contributed by atoms with Gasteiger partial charge in [0, 0.05) is 12.6 Å². The molecule has 1 saturated heterocycles. The van der Waals surface area contributed by atoms with Crippen molar-refractivity contribution in [2.24, 2.45) is 5.84 Å². The fourth-order valence-electron chi connectivity index (χ4n) is 2.67. The Morgan fingerprint density at radius 1 is 1.45 bits per heavy atom. The zero-order valence-electron chi connectivity index (χ0n) is 11.6. The molecule has 20 heavy (non-hydrogen) atoms. The number of nitrogens with one attached hydrogen (secondary N) is 2. The normalized spacial score (nSPS) is 20.2. The van der Waals surface area contributed by atoms with Gasteiger partial charge in [0.05, 0.1) is 5.39 Å². The SMILES string of the molecule is CN1CCCCC1CNc1nc(NN)nc2sccc12. The maximum Gasteiger partial charge on any atom is 0.240 e. The number of fused-ring (bicyclic) bond motifs is 1. The summed E-state index contributed by atoms with van der Waals surface area (Å²) in [5.74, 6) is 6.76. The summed E-state index contributed by atoms with van der Waals surface area (Å²) in [6.45, 7) is 2.09. The third-order valence-corrected chi connectivity index (χ3v) is 4.69. The Balaban J connectivity index is 1.77. The molecule has 7 heteroatoms. The van der Waals surface area contributed by atoms with Crippen molar-refractivity contribution in [2.45, 2.75) is 25.3 Å². The molecular formula is C13H20N6S. The largest absolute Gasteiger partial charge is 0.368 e. The highest BCUT2D eigenvalue weighted by molar-refractivity contribution is 7.16. The van der Waals surface area contributed by atoms with Crippen LogP contribution in [-0.4, -0.2) is 41.0 Å². The molecule has 3 rings (SSSR count). The van der Waals surface area contributed by atoms with E-state index in [1.807, 2.05) is 11.4 Å². The Labute approximate surface area is 122 Å². The average Bonchev–Trinajstić information content (AvgIpc) is 2.94. The van der Waals surface area contributed by atoms with Crippen molar-refractivity contribution in [3.05, 3.63) is 11.4 Å². The third-order valence-electron chi connectivity index (χ3n) is 3.88. The van der Waals surface area contributed by atoms with E-state index < -0.39 is 0 Å². The molecule has 0 amide bonds. The Kier molecular flexibility index (Phi) is 4.00. The van der Waals surface area contributed by atoms with Crippen molar-refractivity contribution in [1.29, 1.82) is 0 Å². The van der Waals surface area contributed by atoms with Crippen molar-refractivity contribution in [2.75, 3.05) is 30.9 Å². The number of nitrogens with zero attached hydrogens (tertiary/aromatic N) is 3. The Hall–Kier alpha value is -1.44. The molecule has 2 aromatic heterocycles. The fourth-order valence-corrected chi connectivity index (χ4v) is 3.44. The molecule has 1 aliphatic rings. The number of hydrogen-bond donors (Lipinski definition) is 3. The van der Waals surface area contributed by atoms with Crippen molar-refractivity contribution in [3.63, 3.8) is 0 Å². The second-order valence-electron chi connectivity index (χ2n) is 5.19. The number of nitrogens with two attached hydrogens (primary N) is 1. The van der Waals surface area contributed by atoms with Crippen molar-refractivity contribution >= 4 is 33.3 Å². The van der Waals surface area contributed by atoms with Gasteiger partial charge in [-0.05, 0) is 37.9 Å². The lowest BCUT2D eigenvalue weighted by Crippen LogP contribution is -2.40. The monoisotopic (exact) mass is 292 g/mol. The molecule has 0 radical (unpaired) electrons. The number of rotatable bonds is 4. The lowest BCUT2D eigenvalue weighted by molar-refractivity contribution is 0.194. The first-order valence-corrected chi connectivity index (χ1v) is 7.82. The summed E-state index contributed by atoms with van der Waals surface area (Å²) < 4.78 is 0. The van der Waals surface area contributed by atoms with E-state index >= 15 is 0 Å². The van der Waals surface area contributed by atoms with Crippen LogP contribution in [-0.2, 0) is 0 Å². The van der Waals surface area contributed by atoms with Crippen LogP contribution in [0, 0.1) is 0 Å². The molecule has 2 aromatic rings. The molecule has 0 aromatic carbocycles. The predicted octanol–water partition coefficient (Wildman–Crippen LogP) is 1.87. The zero-order chi connectivity index (χ0) is 13.9. The molecule has 4 N–H and O–H groups in total. The number of piperidine rings is 1. The minimum atomic E-state index is 0.458. The minimum Gasteiger partial charge on any atom is -0.368 e. The van der Waals surface area contributed by atoms with Crippen molar-refractivity contribution in [1.82, 2.24) is 14.9 Å². The molecule has 1 aliphatic heterocycles. The summed E-state index contributed by atoms with van der Waals surface area (Å²) in [7, 11) is 2.19. The molecule has 3 heterocycles.